The zero-order valence-electron chi connectivity index (χ0n) is 9.58. The smallest absolute Gasteiger partial charge is 0.283 e. The van der Waals surface area contributed by atoms with E-state index >= 15 is 0 Å². The maximum Gasteiger partial charge on any atom is 0.283 e. The van der Waals surface area contributed by atoms with E-state index in [0.29, 0.717) is 17.4 Å². The van der Waals surface area contributed by atoms with Crippen molar-refractivity contribution >= 4 is 21.6 Å². The van der Waals surface area contributed by atoms with Crippen LogP contribution < -0.4 is 4.74 Å². The topological polar surface area (TPSA) is 61.2 Å². The molecule has 0 aliphatic heterocycles. The summed E-state index contributed by atoms with van der Waals surface area (Å²) in [6, 6.07) is 5.84. The summed E-state index contributed by atoms with van der Waals surface area (Å²) >= 11 is 5.91. The van der Waals surface area contributed by atoms with Gasteiger partial charge in [-0.15, -0.1) is 0 Å². The first kappa shape index (κ1) is 12.9. The fraction of sp³-hybridized carbons (Fsp3) is 0.182. The highest BCUT2D eigenvalue weighted by atomic mass is 35.5. The van der Waals surface area contributed by atoms with Crippen LogP contribution in [-0.4, -0.2) is 24.2 Å². The number of hydrogen-bond donors (Lipinski definition) is 0. The van der Waals surface area contributed by atoms with Gasteiger partial charge in [-0.2, -0.15) is 17.6 Å². The van der Waals surface area contributed by atoms with Crippen LogP contribution in [0.25, 0.3) is 0 Å². The van der Waals surface area contributed by atoms with Crippen molar-refractivity contribution in [3.8, 4) is 5.75 Å². The predicted molar refractivity (Wildman–Crippen MR) is 67.4 cm³/mol. The summed E-state index contributed by atoms with van der Waals surface area (Å²) in [5.41, 5.74) is 0. The van der Waals surface area contributed by atoms with Crippen molar-refractivity contribution < 1.29 is 13.2 Å². The average molecular weight is 287 g/mol. The van der Waals surface area contributed by atoms with Gasteiger partial charge in [0.25, 0.3) is 10.0 Å². The number of halogens is 1. The molecular formula is C11H11ClN2O3S. The van der Waals surface area contributed by atoms with Crippen molar-refractivity contribution in [2.24, 2.45) is 0 Å². The summed E-state index contributed by atoms with van der Waals surface area (Å²) < 4.78 is 30.5. The minimum absolute atomic E-state index is 0.0825. The van der Waals surface area contributed by atoms with E-state index in [9.17, 15) is 8.42 Å². The van der Waals surface area contributed by atoms with Crippen molar-refractivity contribution in [2.75, 3.05) is 6.61 Å². The molecule has 1 aromatic carbocycles. The second-order valence-electron chi connectivity index (χ2n) is 3.41. The first-order valence-electron chi connectivity index (χ1n) is 5.23. The standard InChI is InChI=1S/C11H11ClN2O3S/c1-2-17-11-8-9(4-5-10(11)12)18(15,16)14-7-3-6-13-14/h3-8H,2H2,1H3. The van der Waals surface area contributed by atoms with Gasteiger partial charge in [-0.1, -0.05) is 11.6 Å². The Morgan fingerprint density at radius 1 is 1.44 bits per heavy atom. The molecule has 1 heterocycles. The van der Waals surface area contributed by atoms with E-state index in [2.05, 4.69) is 5.10 Å². The number of ether oxygens (including phenoxy) is 1. The highest BCUT2D eigenvalue weighted by Crippen LogP contribution is 2.28. The summed E-state index contributed by atoms with van der Waals surface area (Å²) in [6.45, 7) is 2.20. The summed E-state index contributed by atoms with van der Waals surface area (Å²) in [5.74, 6) is 0.340. The zero-order valence-corrected chi connectivity index (χ0v) is 11.1. The van der Waals surface area contributed by atoms with Crippen molar-refractivity contribution in [2.45, 2.75) is 11.8 Å². The highest BCUT2D eigenvalue weighted by molar-refractivity contribution is 7.89. The first-order valence-corrected chi connectivity index (χ1v) is 7.05. The summed E-state index contributed by atoms with van der Waals surface area (Å²) in [7, 11) is -3.69. The Hall–Kier alpha value is -1.53. The Bertz CT molecular complexity index is 638. The molecule has 0 fully saturated rings. The van der Waals surface area contributed by atoms with E-state index in [1.54, 1.807) is 6.92 Å². The van der Waals surface area contributed by atoms with Crippen LogP contribution >= 0.6 is 11.6 Å². The van der Waals surface area contributed by atoms with Crippen LogP contribution in [0.1, 0.15) is 6.92 Å². The van der Waals surface area contributed by atoms with Gasteiger partial charge in [0.2, 0.25) is 0 Å². The van der Waals surface area contributed by atoms with Gasteiger partial charge in [-0.25, -0.2) is 0 Å². The minimum Gasteiger partial charge on any atom is -0.492 e. The lowest BCUT2D eigenvalue weighted by atomic mass is 10.3. The fourth-order valence-electron chi connectivity index (χ4n) is 1.42. The van der Waals surface area contributed by atoms with Crippen LogP contribution in [0.15, 0.2) is 41.6 Å². The van der Waals surface area contributed by atoms with Gasteiger partial charge in [0.15, 0.2) is 0 Å². The van der Waals surface area contributed by atoms with E-state index in [1.807, 2.05) is 0 Å². The molecule has 0 aliphatic carbocycles. The summed E-state index contributed by atoms with van der Waals surface area (Å²) in [4.78, 5) is 0.0825. The lowest BCUT2D eigenvalue weighted by molar-refractivity contribution is 0.339. The number of nitrogens with zero attached hydrogens (tertiary/aromatic N) is 2. The largest absolute Gasteiger partial charge is 0.492 e. The second-order valence-corrected chi connectivity index (χ2v) is 5.61. The molecule has 2 rings (SSSR count). The second kappa shape index (κ2) is 4.99. The summed E-state index contributed by atoms with van der Waals surface area (Å²) in [6.07, 6.45) is 2.77. The molecule has 18 heavy (non-hydrogen) atoms. The van der Waals surface area contributed by atoms with Gasteiger partial charge in [0, 0.05) is 12.3 Å². The third-order valence-electron chi connectivity index (χ3n) is 2.23. The van der Waals surface area contributed by atoms with Gasteiger partial charge in [-0.05, 0) is 25.1 Å². The van der Waals surface area contributed by atoms with Crippen LogP contribution in [0, 0.1) is 0 Å². The van der Waals surface area contributed by atoms with Gasteiger partial charge >= 0.3 is 0 Å². The molecule has 0 unspecified atom stereocenters. The predicted octanol–water partition coefficient (Wildman–Crippen LogP) is 2.17. The minimum atomic E-state index is -3.69. The van der Waals surface area contributed by atoms with Gasteiger partial charge < -0.3 is 4.74 Å². The molecule has 1 aromatic heterocycles. The highest BCUT2D eigenvalue weighted by Gasteiger charge is 2.18. The Morgan fingerprint density at radius 2 is 2.22 bits per heavy atom. The molecule has 0 radical (unpaired) electrons. The molecule has 0 N–H and O–H groups in total. The molecule has 5 nitrogen and oxygen atoms in total. The van der Waals surface area contributed by atoms with Crippen LogP contribution in [0.3, 0.4) is 0 Å². The van der Waals surface area contributed by atoms with Gasteiger partial charge in [0.1, 0.15) is 5.75 Å². The Labute approximate surface area is 110 Å². The Morgan fingerprint density at radius 3 is 2.83 bits per heavy atom. The van der Waals surface area contributed by atoms with E-state index in [4.69, 9.17) is 16.3 Å². The molecule has 2 aromatic rings. The zero-order chi connectivity index (χ0) is 13.2. The van der Waals surface area contributed by atoms with E-state index in [1.165, 1.54) is 36.7 Å². The van der Waals surface area contributed by atoms with Crippen LogP contribution in [0.5, 0.6) is 5.75 Å². The van der Waals surface area contributed by atoms with Crippen molar-refractivity contribution in [3.63, 3.8) is 0 Å². The molecule has 7 heteroatoms. The molecule has 0 saturated carbocycles. The molecule has 0 saturated heterocycles. The van der Waals surface area contributed by atoms with Crippen LogP contribution in [0.4, 0.5) is 0 Å². The normalized spacial score (nSPS) is 11.4. The Kier molecular flexibility index (Phi) is 3.58. The molecule has 96 valence electrons. The molecule has 0 atom stereocenters. The summed E-state index contributed by atoms with van der Waals surface area (Å²) in [5, 5.41) is 4.09. The molecule has 0 aliphatic rings. The SMILES string of the molecule is CCOc1cc(S(=O)(=O)n2cccn2)ccc1Cl. The average Bonchev–Trinajstić information content (AvgIpc) is 2.86. The molecule has 0 spiro atoms. The molecule has 0 bridgehead atoms. The first-order chi connectivity index (χ1) is 8.55. The van der Waals surface area contributed by atoms with Gasteiger partial charge in [0.05, 0.1) is 22.7 Å². The molecule has 0 amide bonds. The maximum absolute atomic E-state index is 12.2. The molecular weight excluding hydrogens is 276 g/mol. The lowest BCUT2D eigenvalue weighted by Crippen LogP contribution is -2.13. The van der Waals surface area contributed by atoms with Gasteiger partial charge in [-0.3, -0.25) is 0 Å². The van der Waals surface area contributed by atoms with E-state index in [-0.39, 0.29) is 4.90 Å². The Balaban J connectivity index is 2.49. The number of rotatable bonds is 4. The van der Waals surface area contributed by atoms with E-state index < -0.39 is 10.0 Å². The quantitative estimate of drug-likeness (QED) is 0.864. The van der Waals surface area contributed by atoms with Crippen LogP contribution in [-0.2, 0) is 10.0 Å². The third-order valence-corrected chi connectivity index (χ3v) is 4.10. The maximum atomic E-state index is 12.2. The lowest BCUT2D eigenvalue weighted by Gasteiger charge is -2.09. The van der Waals surface area contributed by atoms with E-state index in [0.717, 1.165) is 4.09 Å². The van der Waals surface area contributed by atoms with Crippen molar-refractivity contribution in [3.05, 3.63) is 41.7 Å². The van der Waals surface area contributed by atoms with Crippen LogP contribution in [0.2, 0.25) is 5.02 Å². The van der Waals surface area contributed by atoms with Crippen molar-refractivity contribution in [1.29, 1.82) is 0 Å². The monoisotopic (exact) mass is 286 g/mol. The third kappa shape index (κ3) is 2.34. The number of aromatic nitrogens is 2. The number of hydrogen-bond acceptors (Lipinski definition) is 4. The number of benzene rings is 1. The van der Waals surface area contributed by atoms with Crippen molar-refractivity contribution in [1.82, 2.24) is 9.19 Å². The fourth-order valence-corrected chi connectivity index (χ4v) is 2.71.